The molecule has 2 saturated heterocycles. The van der Waals surface area contributed by atoms with E-state index in [9.17, 15) is 18.0 Å². The van der Waals surface area contributed by atoms with Crippen LogP contribution in [-0.4, -0.2) is 55.1 Å². The molecule has 0 spiro atoms. The molecule has 2 amide bonds. The van der Waals surface area contributed by atoms with Crippen LogP contribution < -0.4 is 5.73 Å². The number of piperidine rings is 1. The maximum Gasteiger partial charge on any atom is 0.248 e. The number of likely N-dealkylation sites (tertiary alicyclic amines) is 1. The van der Waals surface area contributed by atoms with Crippen molar-refractivity contribution in [1.29, 1.82) is 0 Å². The highest BCUT2D eigenvalue weighted by atomic mass is 32.2. The highest BCUT2D eigenvalue weighted by Gasteiger charge is 2.39. The standard InChI is InChI=1S/C17H23N3O4S/c18-16(21)13-6-8-14(9-7-13)25(23,24)20-12-2-1-5-15(20)17(22)19-10-3-4-11-19/h6-9,15H,1-5,10-12H2,(H2,18,21). The molecule has 7 nitrogen and oxygen atoms in total. The summed E-state index contributed by atoms with van der Waals surface area (Å²) < 4.78 is 27.4. The van der Waals surface area contributed by atoms with Gasteiger partial charge in [0, 0.05) is 25.2 Å². The lowest BCUT2D eigenvalue weighted by Gasteiger charge is -2.35. The predicted molar refractivity (Wildman–Crippen MR) is 92.3 cm³/mol. The SMILES string of the molecule is NC(=O)c1ccc(S(=O)(=O)N2CCCCC2C(=O)N2CCCC2)cc1. The van der Waals surface area contributed by atoms with Crippen LogP contribution in [0.25, 0.3) is 0 Å². The third-order valence-electron chi connectivity index (χ3n) is 4.90. The van der Waals surface area contributed by atoms with Crippen molar-refractivity contribution in [2.75, 3.05) is 19.6 Å². The minimum absolute atomic E-state index is 0.0821. The maximum atomic E-state index is 13.0. The molecule has 0 bridgehead atoms. The van der Waals surface area contributed by atoms with Gasteiger partial charge in [-0.05, 0) is 49.9 Å². The number of amides is 2. The molecule has 0 radical (unpaired) electrons. The Hall–Kier alpha value is -1.93. The summed E-state index contributed by atoms with van der Waals surface area (Å²) in [5.74, 6) is -0.696. The molecular formula is C17H23N3O4S. The minimum atomic E-state index is -3.79. The molecule has 136 valence electrons. The van der Waals surface area contributed by atoms with Crippen LogP contribution in [0.5, 0.6) is 0 Å². The van der Waals surface area contributed by atoms with Gasteiger partial charge in [-0.3, -0.25) is 9.59 Å². The number of hydrogen-bond acceptors (Lipinski definition) is 4. The van der Waals surface area contributed by atoms with Crippen molar-refractivity contribution < 1.29 is 18.0 Å². The van der Waals surface area contributed by atoms with Crippen LogP contribution in [0.3, 0.4) is 0 Å². The molecule has 1 aromatic carbocycles. The smallest absolute Gasteiger partial charge is 0.248 e. The van der Waals surface area contributed by atoms with Crippen LogP contribution in [0.2, 0.25) is 0 Å². The van der Waals surface area contributed by atoms with Crippen LogP contribution in [0, 0.1) is 0 Å². The van der Waals surface area contributed by atoms with Gasteiger partial charge in [-0.2, -0.15) is 4.31 Å². The number of benzene rings is 1. The Balaban J connectivity index is 1.87. The summed E-state index contributed by atoms with van der Waals surface area (Å²) >= 11 is 0. The van der Waals surface area contributed by atoms with E-state index in [1.165, 1.54) is 28.6 Å². The average Bonchev–Trinajstić information content (AvgIpc) is 3.16. The Kier molecular flexibility index (Phi) is 5.10. The Morgan fingerprint density at radius 1 is 0.960 bits per heavy atom. The Labute approximate surface area is 147 Å². The molecule has 1 atom stereocenters. The van der Waals surface area contributed by atoms with Crippen molar-refractivity contribution in [3.05, 3.63) is 29.8 Å². The normalized spacial score (nSPS) is 22.1. The van der Waals surface area contributed by atoms with Crippen molar-refractivity contribution in [2.45, 2.75) is 43.0 Å². The molecule has 2 aliphatic rings. The Morgan fingerprint density at radius 2 is 1.56 bits per heavy atom. The van der Waals surface area contributed by atoms with E-state index in [-0.39, 0.29) is 16.4 Å². The van der Waals surface area contributed by atoms with E-state index in [0.29, 0.717) is 26.1 Å². The molecule has 25 heavy (non-hydrogen) atoms. The van der Waals surface area contributed by atoms with Crippen molar-refractivity contribution in [3.63, 3.8) is 0 Å². The van der Waals surface area contributed by atoms with E-state index >= 15 is 0 Å². The molecule has 0 aromatic heterocycles. The number of carbonyl (C=O) groups is 2. The van der Waals surface area contributed by atoms with Gasteiger partial charge in [0.1, 0.15) is 6.04 Å². The van der Waals surface area contributed by atoms with Gasteiger partial charge >= 0.3 is 0 Å². The van der Waals surface area contributed by atoms with Crippen LogP contribution in [0.4, 0.5) is 0 Å². The van der Waals surface area contributed by atoms with Gasteiger partial charge in [-0.1, -0.05) is 6.42 Å². The van der Waals surface area contributed by atoms with Gasteiger partial charge in [0.2, 0.25) is 21.8 Å². The first-order valence-electron chi connectivity index (χ1n) is 8.62. The number of nitrogens with zero attached hydrogens (tertiary/aromatic N) is 2. The number of rotatable bonds is 4. The number of carbonyl (C=O) groups excluding carboxylic acids is 2. The van der Waals surface area contributed by atoms with E-state index in [1.54, 1.807) is 4.90 Å². The van der Waals surface area contributed by atoms with Crippen LogP contribution in [0.15, 0.2) is 29.2 Å². The first-order chi connectivity index (χ1) is 11.9. The first kappa shape index (κ1) is 17.9. The molecule has 2 N–H and O–H groups in total. The quantitative estimate of drug-likeness (QED) is 0.858. The zero-order chi connectivity index (χ0) is 18.0. The van der Waals surface area contributed by atoms with Gasteiger partial charge in [-0.15, -0.1) is 0 Å². The molecule has 3 rings (SSSR count). The lowest BCUT2D eigenvalue weighted by atomic mass is 10.0. The number of primary amides is 1. The third-order valence-corrected chi connectivity index (χ3v) is 6.82. The van der Waals surface area contributed by atoms with E-state index < -0.39 is 22.0 Å². The minimum Gasteiger partial charge on any atom is -0.366 e. The molecule has 1 aromatic rings. The molecule has 2 aliphatic heterocycles. The van der Waals surface area contributed by atoms with E-state index in [1.807, 2.05) is 0 Å². The van der Waals surface area contributed by atoms with Gasteiger partial charge in [0.25, 0.3) is 0 Å². The zero-order valence-electron chi connectivity index (χ0n) is 14.1. The fraction of sp³-hybridized carbons (Fsp3) is 0.529. The zero-order valence-corrected chi connectivity index (χ0v) is 14.9. The first-order valence-corrected chi connectivity index (χ1v) is 10.1. The fourth-order valence-corrected chi connectivity index (χ4v) is 5.17. The van der Waals surface area contributed by atoms with Crippen LogP contribution in [0.1, 0.15) is 42.5 Å². The summed E-state index contributed by atoms with van der Waals surface area (Å²) in [6, 6.07) is 4.92. The van der Waals surface area contributed by atoms with E-state index in [0.717, 1.165) is 25.7 Å². The number of hydrogen-bond donors (Lipinski definition) is 1. The highest BCUT2D eigenvalue weighted by Crippen LogP contribution is 2.27. The molecule has 8 heteroatoms. The highest BCUT2D eigenvalue weighted by molar-refractivity contribution is 7.89. The fourth-order valence-electron chi connectivity index (χ4n) is 3.51. The van der Waals surface area contributed by atoms with Gasteiger partial charge in [0.05, 0.1) is 4.90 Å². The van der Waals surface area contributed by atoms with Gasteiger partial charge in [-0.25, -0.2) is 8.42 Å². The molecular weight excluding hydrogens is 342 g/mol. The topological polar surface area (TPSA) is 101 Å². The average molecular weight is 365 g/mol. The number of nitrogens with two attached hydrogens (primary N) is 1. The summed E-state index contributed by atoms with van der Waals surface area (Å²) in [4.78, 5) is 25.8. The third kappa shape index (κ3) is 3.55. The second-order valence-electron chi connectivity index (χ2n) is 6.55. The van der Waals surface area contributed by atoms with E-state index in [4.69, 9.17) is 5.73 Å². The second-order valence-corrected chi connectivity index (χ2v) is 8.44. The monoisotopic (exact) mass is 365 g/mol. The molecule has 2 fully saturated rings. The van der Waals surface area contributed by atoms with Gasteiger partial charge in [0.15, 0.2) is 0 Å². The summed E-state index contributed by atoms with van der Waals surface area (Å²) in [5, 5.41) is 0. The van der Waals surface area contributed by atoms with Gasteiger partial charge < -0.3 is 10.6 Å². The Morgan fingerprint density at radius 3 is 2.16 bits per heavy atom. The lowest BCUT2D eigenvalue weighted by Crippen LogP contribution is -2.52. The molecule has 1 unspecified atom stereocenters. The largest absolute Gasteiger partial charge is 0.366 e. The van der Waals surface area contributed by atoms with E-state index in [2.05, 4.69) is 0 Å². The summed E-state index contributed by atoms with van der Waals surface area (Å²) in [6.45, 7) is 1.75. The molecule has 0 saturated carbocycles. The maximum absolute atomic E-state index is 13.0. The predicted octanol–water partition coefficient (Wildman–Crippen LogP) is 0.951. The summed E-state index contributed by atoms with van der Waals surface area (Å²) in [5.41, 5.74) is 5.45. The number of sulfonamides is 1. The summed E-state index contributed by atoms with van der Waals surface area (Å²) in [6.07, 6.45) is 4.08. The van der Waals surface area contributed by atoms with Crippen molar-refractivity contribution in [2.24, 2.45) is 5.73 Å². The second kappa shape index (κ2) is 7.13. The van der Waals surface area contributed by atoms with Crippen molar-refractivity contribution in [3.8, 4) is 0 Å². The molecule has 0 aliphatic carbocycles. The van der Waals surface area contributed by atoms with Crippen molar-refractivity contribution >= 4 is 21.8 Å². The Bertz CT molecular complexity index is 755. The van der Waals surface area contributed by atoms with Crippen LogP contribution in [-0.2, 0) is 14.8 Å². The van der Waals surface area contributed by atoms with Crippen LogP contribution >= 0.6 is 0 Å². The molecule has 2 heterocycles. The summed E-state index contributed by atoms with van der Waals surface area (Å²) in [7, 11) is -3.79. The van der Waals surface area contributed by atoms with Crippen molar-refractivity contribution in [1.82, 2.24) is 9.21 Å². The lowest BCUT2D eigenvalue weighted by molar-refractivity contribution is -0.135.